The lowest BCUT2D eigenvalue weighted by Gasteiger charge is -2.07. The number of aliphatic hydroxyl groups is 1. The van der Waals surface area contributed by atoms with E-state index in [9.17, 15) is 9.59 Å². The van der Waals surface area contributed by atoms with Crippen LogP contribution in [0.2, 0.25) is 12.1 Å². The van der Waals surface area contributed by atoms with Crippen molar-refractivity contribution in [2.75, 3.05) is 13.2 Å². The van der Waals surface area contributed by atoms with E-state index in [0.29, 0.717) is 18.5 Å². The van der Waals surface area contributed by atoms with Gasteiger partial charge in [-0.2, -0.15) is 5.26 Å². The van der Waals surface area contributed by atoms with E-state index in [-0.39, 0.29) is 18.8 Å². The van der Waals surface area contributed by atoms with Gasteiger partial charge in [0.2, 0.25) is 0 Å². The van der Waals surface area contributed by atoms with Gasteiger partial charge >= 0.3 is 5.97 Å². The highest BCUT2D eigenvalue weighted by Crippen LogP contribution is 2.01. The molecule has 15 heavy (non-hydrogen) atoms. The van der Waals surface area contributed by atoms with Crippen LogP contribution in [0.4, 0.5) is 0 Å². The molecule has 0 aliphatic heterocycles. The molecule has 0 rings (SSSR count). The van der Waals surface area contributed by atoms with E-state index in [1.54, 1.807) is 6.07 Å². The van der Waals surface area contributed by atoms with Crippen LogP contribution in [0.5, 0.6) is 0 Å². The Kier molecular flexibility index (Phi) is 7.54. The molecule has 6 heteroatoms. The summed E-state index contributed by atoms with van der Waals surface area (Å²) in [6.07, 6.45) is 0.576. The minimum absolute atomic E-state index is 0.0646. The first-order chi connectivity index (χ1) is 7.11. The fourth-order valence-electron chi connectivity index (χ4n) is 0.892. The molecule has 1 unspecified atom stereocenters. The van der Waals surface area contributed by atoms with Crippen LogP contribution in [-0.4, -0.2) is 38.1 Å². The summed E-state index contributed by atoms with van der Waals surface area (Å²) in [4.78, 5) is 20.4. The standard InChI is InChI=1S/C9H15NO4Si/c1-8(7-10)9(12)14-4-6-15(13)5-2-3-11/h11,13,15H,1-6H2. The van der Waals surface area contributed by atoms with E-state index >= 15 is 0 Å². The van der Waals surface area contributed by atoms with Crippen LogP contribution in [0.3, 0.4) is 0 Å². The maximum Gasteiger partial charge on any atom is 0.348 e. The molecule has 0 aliphatic rings. The molecule has 0 saturated carbocycles. The number of nitriles is 1. The van der Waals surface area contributed by atoms with Gasteiger partial charge in [-0.25, -0.2) is 4.79 Å². The molecule has 0 aliphatic carbocycles. The number of hydrogen-bond donors (Lipinski definition) is 2. The van der Waals surface area contributed by atoms with Gasteiger partial charge in [-0.05, 0) is 18.5 Å². The van der Waals surface area contributed by atoms with E-state index in [0.717, 1.165) is 0 Å². The molecule has 0 spiro atoms. The summed E-state index contributed by atoms with van der Waals surface area (Å²) in [6, 6.07) is 2.62. The summed E-state index contributed by atoms with van der Waals surface area (Å²) >= 11 is 0. The fraction of sp³-hybridized carbons (Fsp3) is 0.556. The maximum atomic E-state index is 10.9. The molecular formula is C9H15NO4Si. The smallest absolute Gasteiger partial charge is 0.348 e. The van der Waals surface area contributed by atoms with Gasteiger partial charge in [0, 0.05) is 6.61 Å². The molecule has 0 amide bonds. The summed E-state index contributed by atoms with van der Waals surface area (Å²) in [7, 11) is -1.87. The Bertz CT molecular complexity index is 261. The Balaban J connectivity index is 3.58. The molecule has 84 valence electrons. The van der Waals surface area contributed by atoms with Crippen molar-refractivity contribution in [2.24, 2.45) is 0 Å². The predicted molar refractivity (Wildman–Crippen MR) is 56.4 cm³/mol. The highest BCUT2D eigenvalue weighted by molar-refractivity contribution is 6.50. The van der Waals surface area contributed by atoms with E-state index < -0.39 is 15.0 Å². The second kappa shape index (κ2) is 8.17. The van der Waals surface area contributed by atoms with Crippen molar-refractivity contribution in [2.45, 2.75) is 18.5 Å². The van der Waals surface area contributed by atoms with E-state index in [4.69, 9.17) is 15.1 Å². The summed E-state index contributed by atoms with van der Waals surface area (Å²) in [5.41, 5.74) is -0.235. The van der Waals surface area contributed by atoms with Crippen LogP contribution < -0.4 is 0 Å². The third-order valence-electron chi connectivity index (χ3n) is 1.76. The van der Waals surface area contributed by atoms with Gasteiger partial charge in [0.05, 0.1) is 6.61 Å². The highest BCUT2D eigenvalue weighted by atomic mass is 28.3. The molecule has 0 bridgehead atoms. The first kappa shape index (κ1) is 13.8. The van der Waals surface area contributed by atoms with Crippen LogP contribution in [-0.2, 0) is 9.53 Å². The minimum Gasteiger partial charge on any atom is -0.462 e. The summed E-state index contributed by atoms with van der Waals surface area (Å²) in [5, 5.41) is 16.8. The zero-order valence-electron chi connectivity index (χ0n) is 8.48. The van der Waals surface area contributed by atoms with Crippen LogP contribution in [0.25, 0.3) is 0 Å². The number of esters is 1. The van der Waals surface area contributed by atoms with Gasteiger partial charge < -0.3 is 14.6 Å². The molecule has 0 heterocycles. The highest BCUT2D eigenvalue weighted by Gasteiger charge is 2.10. The van der Waals surface area contributed by atoms with Crippen LogP contribution in [0, 0.1) is 11.3 Å². The average molecular weight is 229 g/mol. The SMILES string of the molecule is C=C(C#N)C(=O)OCC[SiH](O)CCCO. The van der Waals surface area contributed by atoms with Crippen LogP contribution in [0.1, 0.15) is 6.42 Å². The number of carbonyl (C=O) groups excluding carboxylic acids is 1. The summed E-state index contributed by atoms with van der Waals surface area (Å²) in [6.45, 7) is 3.37. The van der Waals surface area contributed by atoms with Crippen molar-refractivity contribution in [3.8, 4) is 6.07 Å². The van der Waals surface area contributed by atoms with Crippen LogP contribution >= 0.6 is 0 Å². The Morgan fingerprint density at radius 3 is 2.73 bits per heavy atom. The number of hydrogen-bond acceptors (Lipinski definition) is 5. The average Bonchev–Trinajstić information content (AvgIpc) is 2.24. The zero-order valence-corrected chi connectivity index (χ0v) is 9.63. The topological polar surface area (TPSA) is 90.6 Å². The van der Waals surface area contributed by atoms with E-state index in [1.807, 2.05) is 0 Å². The molecule has 0 fully saturated rings. The molecule has 0 aromatic rings. The molecule has 0 aromatic carbocycles. The second-order valence-corrected chi connectivity index (χ2v) is 5.50. The van der Waals surface area contributed by atoms with Crippen molar-refractivity contribution in [3.05, 3.63) is 12.2 Å². The first-order valence-electron chi connectivity index (χ1n) is 4.67. The summed E-state index contributed by atoms with van der Waals surface area (Å²) < 4.78 is 4.70. The monoisotopic (exact) mass is 229 g/mol. The van der Waals surface area contributed by atoms with Crippen molar-refractivity contribution >= 4 is 15.0 Å². The molecule has 0 radical (unpaired) electrons. The molecule has 2 N–H and O–H groups in total. The molecule has 5 nitrogen and oxygen atoms in total. The fourth-order valence-corrected chi connectivity index (χ4v) is 2.22. The first-order valence-corrected chi connectivity index (χ1v) is 6.81. The lowest BCUT2D eigenvalue weighted by molar-refractivity contribution is -0.138. The lowest BCUT2D eigenvalue weighted by atomic mass is 10.3. The Hall–Kier alpha value is -1.16. The minimum atomic E-state index is -1.87. The summed E-state index contributed by atoms with van der Waals surface area (Å²) in [5.74, 6) is -0.735. The quantitative estimate of drug-likeness (QED) is 0.271. The van der Waals surface area contributed by atoms with E-state index in [1.165, 1.54) is 0 Å². The number of carbonyl (C=O) groups is 1. The molecule has 0 saturated heterocycles. The number of ether oxygens (including phenoxy) is 1. The zero-order chi connectivity index (χ0) is 11.7. The second-order valence-electron chi connectivity index (χ2n) is 3.03. The number of aliphatic hydroxyl groups excluding tert-OH is 1. The van der Waals surface area contributed by atoms with Gasteiger partial charge in [0.1, 0.15) is 11.6 Å². The van der Waals surface area contributed by atoms with Gasteiger partial charge in [-0.1, -0.05) is 6.58 Å². The Morgan fingerprint density at radius 2 is 2.20 bits per heavy atom. The van der Waals surface area contributed by atoms with Gasteiger partial charge in [0.15, 0.2) is 9.04 Å². The molecule has 1 atom stereocenters. The normalized spacial score (nSPS) is 11.5. The van der Waals surface area contributed by atoms with Crippen molar-refractivity contribution in [3.63, 3.8) is 0 Å². The van der Waals surface area contributed by atoms with Gasteiger partial charge in [-0.3, -0.25) is 0 Å². The maximum absolute atomic E-state index is 10.9. The number of rotatable bonds is 7. The molecular weight excluding hydrogens is 214 g/mol. The largest absolute Gasteiger partial charge is 0.462 e. The van der Waals surface area contributed by atoms with Crippen molar-refractivity contribution in [1.82, 2.24) is 0 Å². The van der Waals surface area contributed by atoms with Crippen LogP contribution in [0.15, 0.2) is 12.2 Å². The van der Waals surface area contributed by atoms with Crippen molar-refractivity contribution < 1.29 is 19.4 Å². The Morgan fingerprint density at radius 1 is 1.53 bits per heavy atom. The van der Waals surface area contributed by atoms with Crippen molar-refractivity contribution in [1.29, 1.82) is 5.26 Å². The number of nitrogens with zero attached hydrogens (tertiary/aromatic N) is 1. The third-order valence-corrected chi connectivity index (χ3v) is 3.74. The Labute approximate surface area is 90.3 Å². The lowest BCUT2D eigenvalue weighted by Crippen LogP contribution is -2.17. The van der Waals surface area contributed by atoms with E-state index in [2.05, 4.69) is 6.58 Å². The van der Waals surface area contributed by atoms with Gasteiger partial charge in [-0.15, -0.1) is 0 Å². The molecule has 0 aromatic heterocycles. The predicted octanol–water partition coefficient (Wildman–Crippen LogP) is -0.292. The van der Waals surface area contributed by atoms with Gasteiger partial charge in [0.25, 0.3) is 0 Å². The third kappa shape index (κ3) is 6.85.